The molecule has 0 unspecified atom stereocenters. The number of halogens is 3. The van der Waals surface area contributed by atoms with Crippen LogP contribution in [0.15, 0.2) is 42.5 Å². The minimum atomic E-state index is -0.664. The van der Waals surface area contributed by atoms with Crippen molar-refractivity contribution in [3.63, 3.8) is 0 Å². The molecule has 0 atom stereocenters. The zero-order valence-corrected chi connectivity index (χ0v) is 15.3. The average Bonchev–Trinajstić information content (AvgIpc) is 2.57. The van der Waals surface area contributed by atoms with Crippen LogP contribution >= 0.6 is 35.0 Å². The second-order valence-corrected chi connectivity index (χ2v) is 6.75. The lowest BCUT2D eigenvalue weighted by atomic mass is 10.2. The molecule has 25 heavy (non-hydrogen) atoms. The van der Waals surface area contributed by atoms with Crippen LogP contribution in [-0.4, -0.2) is 24.2 Å². The van der Waals surface area contributed by atoms with E-state index in [0.29, 0.717) is 10.8 Å². The van der Waals surface area contributed by atoms with Gasteiger partial charge in [-0.2, -0.15) is 0 Å². The van der Waals surface area contributed by atoms with Crippen molar-refractivity contribution in [2.45, 2.75) is 5.75 Å². The Morgan fingerprint density at radius 2 is 1.92 bits per heavy atom. The van der Waals surface area contributed by atoms with Crippen LogP contribution in [0.3, 0.4) is 0 Å². The molecule has 132 valence electrons. The highest BCUT2D eigenvalue weighted by Gasteiger charge is 2.11. The molecule has 1 N–H and O–H groups in total. The molecule has 0 aliphatic carbocycles. The summed E-state index contributed by atoms with van der Waals surface area (Å²) < 4.78 is 18.4. The molecule has 2 rings (SSSR count). The third kappa shape index (κ3) is 6.57. The smallest absolute Gasteiger partial charge is 0.316 e. The minimum absolute atomic E-state index is 0.0291. The first-order valence-corrected chi connectivity index (χ1v) is 9.08. The summed E-state index contributed by atoms with van der Waals surface area (Å²) in [6.45, 7) is -0.493. The molecule has 0 fully saturated rings. The fourth-order valence-electron chi connectivity index (χ4n) is 1.82. The third-order valence-electron chi connectivity index (χ3n) is 3.00. The molecule has 0 saturated carbocycles. The molecule has 0 radical (unpaired) electrons. The molecule has 8 heteroatoms. The van der Waals surface area contributed by atoms with Crippen LogP contribution in [0.25, 0.3) is 0 Å². The monoisotopic (exact) mass is 401 g/mol. The largest absolute Gasteiger partial charge is 0.455 e. The fraction of sp³-hybridized carbons (Fsp3) is 0.176. The van der Waals surface area contributed by atoms with Crippen LogP contribution in [0.4, 0.5) is 10.1 Å². The van der Waals surface area contributed by atoms with Crippen molar-refractivity contribution in [2.24, 2.45) is 0 Å². The molecule has 2 aromatic carbocycles. The number of carbonyl (C=O) groups excluding carboxylic acids is 2. The van der Waals surface area contributed by atoms with E-state index in [9.17, 15) is 14.0 Å². The van der Waals surface area contributed by atoms with E-state index in [1.165, 1.54) is 23.9 Å². The van der Waals surface area contributed by atoms with E-state index in [2.05, 4.69) is 5.32 Å². The average molecular weight is 402 g/mol. The van der Waals surface area contributed by atoms with Gasteiger partial charge in [0.25, 0.3) is 5.91 Å². The first-order valence-electron chi connectivity index (χ1n) is 7.17. The van der Waals surface area contributed by atoms with E-state index in [0.717, 1.165) is 11.6 Å². The van der Waals surface area contributed by atoms with E-state index in [1.54, 1.807) is 6.07 Å². The quantitative estimate of drug-likeness (QED) is 0.691. The molecular formula is C17H14Cl2FNO3S. The van der Waals surface area contributed by atoms with Gasteiger partial charge in [0.15, 0.2) is 6.61 Å². The van der Waals surface area contributed by atoms with Crippen LogP contribution < -0.4 is 5.32 Å². The van der Waals surface area contributed by atoms with Crippen molar-refractivity contribution < 1.29 is 18.7 Å². The predicted octanol–water partition coefficient (Wildman–Crippen LogP) is 4.55. The first-order chi connectivity index (χ1) is 12.0. The summed E-state index contributed by atoms with van der Waals surface area (Å²) in [4.78, 5) is 23.3. The number of anilines is 1. The van der Waals surface area contributed by atoms with Crippen LogP contribution in [0.2, 0.25) is 10.0 Å². The topological polar surface area (TPSA) is 55.4 Å². The predicted molar refractivity (Wildman–Crippen MR) is 98.6 cm³/mol. The summed E-state index contributed by atoms with van der Waals surface area (Å²) in [6.07, 6.45) is 0. The Morgan fingerprint density at radius 3 is 2.64 bits per heavy atom. The second-order valence-electron chi connectivity index (χ2n) is 4.92. The zero-order chi connectivity index (χ0) is 18.2. The second kappa shape index (κ2) is 9.65. The molecule has 0 spiro atoms. The normalized spacial score (nSPS) is 10.4. The standard InChI is InChI=1S/C17H14Cl2FNO3S/c18-12-5-6-15(14(20)7-12)21-16(22)8-24-17(23)10-25-9-11-3-1-2-4-13(11)19/h1-7H,8-10H2,(H,21,22). The number of thioether (sulfide) groups is 1. The number of hydrogen-bond acceptors (Lipinski definition) is 4. The van der Waals surface area contributed by atoms with E-state index >= 15 is 0 Å². The van der Waals surface area contributed by atoms with Gasteiger partial charge in [0.1, 0.15) is 5.82 Å². The Morgan fingerprint density at radius 1 is 1.16 bits per heavy atom. The van der Waals surface area contributed by atoms with Gasteiger partial charge in [-0.3, -0.25) is 9.59 Å². The zero-order valence-electron chi connectivity index (χ0n) is 12.9. The molecule has 2 aromatic rings. The highest BCUT2D eigenvalue weighted by Crippen LogP contribution is 2.21. The van der Waals surface area contributed by atoms with Crippen molar-refractivity contribution in [1.82, 2.24) is 0 Å². The van der Waals surface area contributed by atoms with E-state index in [1.807, 2.05) is 18.2 Å². The van der Waals surface area contributed by atoms with Crippen molar-refractivity contribution >= 4 is 52.5 Å². The van der Waals surface area contributed by atoms with Gasteiger partial charge in [-0.1, -0.05) is 41.4 Å². The van der Waals surface area contributed by atoms with Gasteiger partial charge in [0.2, 0.25) is 0 Å². The Balaban J connectivity index is 1.70. The Labute approximate surface area is 158 Å². The molecule has 0 aromatic heterocycles. The summed E-state index contributed by atoms with van der Waals surface area (Å²) in [5, 5.41) is 3.16. The Hall–Kier alpha value is -1.76. The number of carbonyl (C=O) groups is 2. The van der Waals surface area contributed by atoms with Crippen molar-refractivity contribution in [3.8, 4) is 0 Å². The van der Waals surface area contributed by atoms with Gasteiger partial charge in [0.05, 0.1) is 11.4 Å². The highest BCUT2D eigenvalue weighted by atomic mass is 35.5. The summed E-state index contributed by atoms with van der Waals surface area (Å²) in [6, 6.07) is 11.2. The van der Waals surface area contributed by atoms with Crippen LogP contribution in [0, 0.1) is 5.82 Å². The van der Waals surface area contributed by atoms with Crippen LogP contribution in [0.1, 0.15) is 5.56 Å². The van der Waals surface area contributed by atoms with Gasteiger partial charge in [-0.15, -0.1) is 11.8 Å². The number of hydrogen-bond donors (Lipinski definition) is 1. The maximum atomic E-state index is 13.5. The number of amides is 1. The Kier molecular flexibility index (Phi) is 7.55. The summed E-state index contributed by atoms with van der Waals surface area (Å²) in [5.74, 6) is -1.21. The number of ether oxygens (including phenoxy) is 1. The van der Waals surface area contributed by atoms with Crippen LogP contribution in [0.5, 0.6) is 0 Å². The lowest BCUT2D eigenvalue weighted by molar-refractivity contribution is -0.144. The van der Waals surface area contributed by atoms with Gasteiger partial charge in [-0.25, -0.2) is 4.39 Å². The van der Waals surface area contributed by atoms with Crippen molar-refractivity contribution in [2.75, 3.05) is 17.7 Å². The molecule has 0 saturated heterocycles. The van der Waals surface area contributed by atoms with Gasteiger partial charge in [-0.05, 0) is 29.8 Å². The van der Waals surface area contributed by atoms with Crippen molar-refractivity contribution in [1.29, 1.82) is 0 Å². The minimum Gasteiger partial charge on any atom is -0.455 e. The molecule has 0 heterocycles. The summed E-state index contributed by atoms with van der Waals surface area (Å²) in [5.41, 5.74) is 0.886. The molecular weight excluding hydrogens is 388 g/mol. The molecule has 0 aliphatic rings. The number of esters is 1. The van der Waals surface area contributed by atoms with Crippen molar-refractivity contribution in [3.05, 3.63) is 63.9 Å². The lowest BCUT2D eigenvalue weighted by Gasteiger charge is -2.08. The van der Waals surface area contributed by atoms with Gasteiger partial charge in [0, 0.05) is 15.8 Å². The molecule has 1 amide bonds. The fourth-order valence-corrected chi connectivity index (χ4v) is 3.09. The Bertz CT molecular complexity index is 773. The summed E-state index contributed by atoms with van der Waals surface area (Å²) >= 11 is 13.0. The van der Waals surface area contributed by atoms with Gasteiger partial charge < -0.3 is 10.1 Å². The maximum absolute atomic E-state index is 13.5. The van der Waals surface area contributed by atoms with E-state index < -0.39 is 24.3 Å². The molecule has 0 aliphatic heterocycles. The number of rotatable bonds is 7. The summed E-state index contributed by atoms with van der Waals surface area (Å²) in [7, 11) is 0. The third-order valence-corrected chi connectivity index (χ3v) is 4.56. The number of nitrogens with one attached hydrogen (secondary N) is 1. The maximum Gasteiger partial charge on any atom is 0.316 e. The molecule has 0 bridgehead atoms. The number of benzene rings is 2. The SMILES string of the molecule is O=C(COC(=O)CSCc1ccccc1Cl)Nc1ccc(Cl)cc1F. The first kappa shape index (κ1) is 19.6. The van der Waals surface area contributed by atoms with E-state index in [-0.39, 0.29) is 16.5 Å². The molecule has 4 nitrogen and oxygen atoms in total. The lowest BCUT2D eigenvalue weighted by Crippen LogP contribution is -2.22. The van der Waals surface area contributed by atoms with Gasteiger partial charge >= 0.3 is 5.97 Å². The van der Waals surface area contributed by atoms with E-state index in [4.69, 9.17) is 27.9 Å². The highest BCUT2D eigenvalue weighted by molar-refractivity contribution is 7.99. The van der Waals surface area contributed by atoms with Crippen LogP contribution in [-0.2, 0) is 20.1 Å².